The summed E-state index contributed by atoms with van der Waals surface area (Å²) >= 11 is 5.93. The molecule has 1 aliphatic rings. The average Bonchev–Trinajstić information content (AvgIpc) is 2.30. The maximum Gasteiger partial charge on any atom is 0.0409 e. The normalized spacial score (nSPS) is 20.9. The molecule has 1 fully saturated rings. The number of hydrogen-bond donors (Lipinski definition) is 2. The van der Waals surface area contributed by atoms with Gasteiger partial charge in [-0.25, -0.2) is 0 Å². The van der Waals surface area contributed by atoms with Crippen molar-refractivity contribution in [1.29, 1.82) is 0 Å². The number of benzene rings is 1. The number of nitrogens with one attached hydrogen (secondary N) is 2. The van der Waals surface area contributed by atoms with E-state index >= 15 is 0 Å². The summed E-state index contributed by atoms with van der Waals surface area (Å²) in [5.74, 6) is 0. The molecule has 1 heterocycles. The van der Waals surface area contributed by atoms with Crippen molar-refractivity contribution in [2.45, 2.75) is 31.8 Å². The van der Waals surface area contributed by atoms with Gasteiger partial charge in [0.15, 0.2) is 0 Å². The molecular formula is C13H19ClN2. The van der Waals surface area contributed by atoms with E-state index < -0.39 is 0 Å². The van der Waals surface area contributed by atoms with Gasteiger partial charge in [-0.3, -0.25) is 0 Å². The molecule has 2 N–H and O–H groups in total. The molecule has 1 unspecified atom stereocenters. The van der Waals surface area contributed by atoms with Crippen LogP contribution in [0.1, 0.15) is 24.8 Å². The SMILES string of the molecule is Clc1cccc(CNCC2CCCCN2)c1. The van der Waals surface area contributed by atoms with E-state index in [1.807, 2.05) is 18.2 Å². The van der Waals surface area contributed by atoms with Gasteiger partial charge in [-0.2, -0.15) is 0 Å². The standard InChI is InChI=1S/C13H19ClN2/c14-12-5-3-4-11(8-12)9-15-10-13-6-1-2-7-16-13/h3-5,8,13,15-16H,1-2,6-7,9-10H2. The van der Waals surface area contributed by atoms with Crippen LogP contribution in [0.15, 0.2) is 24.3 Å². The molecule has 0 spiro atoms. The highest BCUT2D eigenvalue weighted by Gasteiger charge is 2.11. The van der Waals surface area contributed by atoms with E-state index in [2.05, 4.69) is 16.7 Å². The number of piperidine rings is 1. The van der Waals surface area contributed by atoms with Crippen LogP contribution in [0.2, 0.25) is 5.02 Å². The first-order valence-corrected chi connectivity index (χ1v) is 6.41. The smallest absolute Gasteiger partial charge is 0.0409 e. The summed E-state index contributed by atoms with van der Waals surface area (Å²) in [7, 11) is 0. The van der Waals surface area contributed by atoms with Crippen molar-refractivity contribution in [1.82, 2.24) is 10.6 Å². The molecule has 0 amide bonds. The lowest BCUT2D eigenvalue weighted by Gasteiger charge is -2.23. The zero-order chi connectivity index (χ0) is 11.2. The fraction of sp³-hybridized carbons (Fsp3) is 0.538. The third-order valence-electron chi connectivity index (χ3n) is 3.02. The molecule has 0 saturated carbocycles. The van der Waals surface area contributed by atoms with Gasteiger partial charge < -0.3 is 10.6 Å². The van der Waals surface area contributed by atoms with E-state index in [0.29, 0.717) is 6.04 Å². The van der Waals surface area contributed by atoms with Gasteiger partial charge in [-0.15, -0.1) is 0 Å². The zero-order valence-corrected chi connectivity index (χ0v) is 10.3. The molecule has 88 valence electrons. The summed E-state index contributed by atoms with van der Waals surface area (Å²) in [6.07, 6.45) is 3.98. The van der Waals surface area contributed by atoms with Crippen LogP contribution in [0.3, 0.4) is 0 Å². The second kappa shape index (κ2) is 6.24. The Morgan fingerprint density at radius 3 is 3.06 bits per heavy atom. The topological polar surface area (TPSA) is 24.1 Å². The van der Waals surface area contributed by atoms with Crippen LogP contribution in [-0.2, 0) is 6.54 Å². The monoisotopic (exact) mass is 238 g/mol. The van der Waals surface area contributed by atoms with Crippen LogP contribution in [0.25, 0.3) is 0 Å². The summed E-state index contributed by atoms with van der Waals surface area (Å²) in [5, 5.41) is 7.82. The van der Waals surface area contributed by atoms with Gasteiger partial charge in [0, 0.05) is 24.2 Å². The van der Waals surface area contributed by atoms with Gasteiger partial charge in [0.05, 0.1) is 0 Å². The molecule has 3 heteroatoms. The average molecular weight is 239 g/mol. The fourth-order valence-electron chi connectivity index (χ4n) is 2.14. The predicted molar refractivity (Wildman–Crippen MR) is 68.8 cm³/mol. The zero-order valence-electron chi connectivity index (χ0n) is 9.51. The fourth-order valence-corrected chi connectivity index (χ4v) is 2.35. The van der Waals surface area contributed by atoms with Crippen molar-refractivity contribution < 1.29 is 0 Å². The molecule has 0 radical (unpaired) electrons. The summed E-state index contributed by atoms with van der Waals surface area (Å²) in [5.41, 5.74) is 1.25. The minimum Gasteiger partial charge on any atom is -0.313 e. The number of rotatable bonds is 4. The summed E-state index contributed by atoms with van der Waals surface area (Å²) in [6.45, 7) is 3.12. The summed E-state index contributed by atoms with van der Waals surface area (Å²) in [6, 6.07) is 8.68. The lowest BCUT2D eigenvalue weighted by Crippen LogP contribution is -2.41. The molecule has 1 aliphatic heterocycles. The van der Waals surface area contributed by atoms with E-state index in [1.165, 1.54) is 31.4 Å². The first-order chi connectivity index (χ1) is 7.84. The van der Waals surface area contributed by atoms with E-state index in [1.54, 1.807) is 0 Å². The molecule has 1 atom stereocenters. The molecule has 1 saturated heterocycles. The lowest BCUT2D eigenvalue weighted by atomic mass is 10.1. The van der Waals surface area contributed by atoms with Gasteiger partial charge in [0.1, 0.15) is 0 Å². The highest BCUT2D eigenvalue weighted by Crippen LogP contribution is 2.10. The Bertz CT molecular complexity index is 321. The third-order valence-corrected chi connectivity index (χ3v) is 3.26. The van der Waals surface area contributed by atoms with E-state index in [4.69, 9.17) is 11.6 Å². The van der Waals surface area contributed by atoms with Crippen LogP contribution >= 0.6 is 11.6 Å². The molecule has 2 rings (SSSR count). The second-order valence-corrected chi connectivity index (χ2v) is 4.84. The van der Waals surface area contributed by atoms with Crippen LogP contribution in [0.4, 0.5) is 0 Å². The maximum atomic E-state index is 5.93. The minimum atomic E-state index is 0.646. The Labute approximate surface area is 102 Å². The first kappa shape index (κ1) is 11.9. The summed E-state index contributed by atoms with van der Waals surface area (Å²) < 4.78 is 0. The summed E-state index contributed by atoms with van der Waals surface area (Å²) in [4.78, 5) is 0. The van der Waals surface area contributed by atoms with Gasteiger partial charge in [-0.05, 0) is 37.1 Å². The van der Waals surface area contributed by atoms with Crippen molar-refractivity contribution in [2.24, 2.45) is 0 Å². The van der Waals surface area contributed by atoms with E-state index in [-0.39, 0.29) is 0 Å². The van der Waals surface area contributed by atoms with Gasteiger partial charge in [-0.1, -0.05) is 30.2 Å². The van der Waals surface area contributed by atoms with Crippen LogP contribution in [0, 0.1) is 0 Å². The minimum absolute atomic E-state index is 0.646. The van der Waals surface area contributed by atoms with E-state index in [9.17, 15) is 0 Å². The van der Waals surface area contributed by atoms with Gasteiger partial charge in [0.2, 0.25) is 0 Å². The molecule has 0 bridgehead atoms. The molecule has 1 aromatic carbocycles. The Balaban J connectivity index is 1.71. The maximum absolute atomic E-state index is 5.93. The Kier molecular flexibility index (Phi) is 4.64. The largest absolute Gasteiger partial charge is 0.313 e. The van der Waals surface area contributed by atoms with Gasteiger partial charge in [0.25, 0.3) is 0 Å². The molecule has 0 aromatic heterocycles. The van der Waals surface area contributed by atoms with Crippen molar-refractivity contribution >= 4 is 11.6 Å². The quantitative estimate of drug-likeness (QED) is 0.843. The number of halogens is 1. The highest BCUT2D eigenvalue weighted by atomic mass is 35.5. The van der Waals surface area contributed by atoms with Crippen molar-refractivity contribution in [3.8, 4) is 0 Å². The number of hydrogen-bond acceptors (Lipinski definition) is 2. The molecule has 2 nitrogen and oxygen atoms in total. The third kappa shape index (κ3) is 3.78. The van der Waals surface area contributed by atoms with Crippen LogP contribution in [0.5, 0.6) is 0 Å². The molecule has 1 aromatic rings. The molecule has 16 heavy (non-hydrogen) atoms. The van der Waals surface area contributed by atoms with E-state index in [0.717, 1.165) is 18.1 Å². The van der Waals surface area contributed by atoms with Crippen molar-refractivity contribution in [3.63, 3.8) is 0 Å². The molecular weight excluding hydrogens is 220 g/mol. The van der Waals surface area contributed by atoms with Crippen LogP contribution < -0.4 is 10.6 Å². The highest BCUT2D eigenvalue weighted by molar-refractivity contribution is 6.30. The van der Waals surface area contributed by atoms with Crippen LogP contribution in [-0.4, -0.2) is 19.1 Å². The van der Waals surface area contributed by atoms with Gasteiger partial charge >= 0.3 is 0 Å². The first-order valence-electron chi connectivity index (χ1n) is 6.03. The van der Waals surface area contributed by atoms with Crippen molar-refractivity contribution in [3.05, 3.63) is 34.9 Å². The lowest BCUT2D eigenvalue weighted by molar-refractivity contribution is 0.383. The molecule has 0 aliphatic carbocycles. The Morgan fingerprint density at radius 2 is 2.31 bits per heavy atom. The predicted octanol–water partition coefficient (Wildman–Crippen LogP) is 2.57. The second-order valence-electron chi connectivity index (χ2n) is 4.41. The Hall–Kier alpha value is -0.570. The van der Waals surface area contributed by atoms with Crippen molar-refractivity contribution in [2.75, 3.05) is 13.1 Å². The Morgan fingerprint density at radius 1 is 1.38 bits per heavy atom.